The van der Waals surface area contributed by atoms with Gasteiger partial charge in [0.2, 0.25) is 29.5 Å². The number of phenols is 2. The largest absolute Gasteiger partial charge is 0.508 e. The van der Waals surface area contributed by atoms with Crippen LogP contribution < -0.4 is 31.9 Å². The zero-order valence-electron chi connectivity index (χ0n) is 35.4. The summed E-state index contributed by atoms with van der Waals surface area (Å²) >= 11 is 0. The molecule has 6 atom stereocenters. The van der Waals surface area contributed by atoms with Crippen molar-refractivity contribution in [1.29, 1.82) is 0 Å². The average molecular weight is 858 g/mol. The molecule has 17 heteroatoms. The Bertz CT molecular complexity index is 1980. The van der Waals surface area contributed by atoms with Crippen LogP contribution in [0, 0.1) is 5.92 Å². The number of nitrogens with zero attached hydrogens (tertiary/aromatic N) is 1. The number of nitrogens with one attached hydrogen (secondary N) is 6. The molecule has 0 spiro atoms. The Morgan fingerprint density at radius 3 is 1.94 bits per heavy atom. The summed E-state index contributed by atoms with van der Waals surface area (Å²) < 4.78 is 0. The first-order valence-corrected chi connectivity index (χ1v) is 21.0. The number of likely N-dealkylation sites (N-methyl/N-ethyl adjacent to an activating group) is 1. The van der Waals surface area contributed by atoms with Crippen molar-refractivity contribution in [3.8, 4) is 11.5 Å². The number of benzene rings is 3. The zero-order valence-corrected chi connectivity index (χ0v) is 35.4. The van der Waals surface area contributed by atoms with Gasteiger partial charge in [-0.3, -0.25) is 24.0 Å². The maximum Gasteiger partial charge on any atom is 0.326 e. The minimum atomic E-state index is -1.32. The summed E-state index contributed by atoms with van der Waals surface area (Å²) in [5.74, 6) is -4.69. The SMILES string of the molecule is CC[C@H](C)C1NC(=O)[C@@H](NC(=O)N[C@@H](Cc2ccccc2)C(=O)O)CCCCNC(=O)[C@H](CCc2ccc(O)cc2)NC(=O)CN(C)C(=O)[C@H](CCc2ccc(O)cc2)NC1=O. The molecule has 0 saturated carbocycles. The van der Waals surface area contributed by atoms with Gasteiger partial charge in [-0.05, 0) is 91.8 Å². The lowest BCUT2D eigenvalue weighted by atomic mass is 9.96. The zero-order chi connectivity index (χ0) is 45.2. The maximum atomic E-state index is 14.2. The molecule has 17 nitrogen and oxygen atoms in total. The van der Waals surface area contributed by atoms with Crippen molar-refractivity contribution < 1.29 is 48.9 Å². The fourth-order valence-corrected chi connectivity index (χ4v) is 6.98. The van der Waals surface area contributed by atoms with Crippen molar-refractivity contribution >= 4 is 41.5 Å². The van der Waals surface area contributed by atoms with Gasteiger partial charge in [-0.1, -0.05) is 74.9 Å². The van der Waals surface area contributed by atoms with Crippen LogP contribution in [0.3, 0.4) is 0 Å². The molecule has 1 saturated heterocycles. The highest BCUT2D eigenvalue weighted by atomic mass is 16.4. The summed E-state index contributed by atoms with van der Waals surface area (Å²) in [6, 6.07) is 14.7. The van der Waals surface area contributed by atoms with Crippen LogP contribution in [0.4, 0.5) is 4.79 Å². The van der Waals surface area contributed by atoms with Gasteiger partial charge in [0.1, 0.15) is 41.7 Å². The Morgan fingerprint density at radius 1 is 0.758 bits per heavy atom. The van der Waals surface area contributed by atoms with E-state index in [0.717, 1.165) is 16.0 Å². The van der Waals surface area contributed by atoms with Crippen LogP contribution in [0.5, 0.6) is 11.5 Å². The van der Waals surface area contributed by atoms with Crippen molar-refractivity contribution in [3.63, 3.8) is 0 Å². The Balaban J connectivity index is 1.62. The summed E-state index contributed by atoms with van der Waals surface area (Å²) in [5.41, 5.74) is 2.24. The lowest BCUT2D eigenvalue weighted by Gasteiger charge is -2.30. The molecule has 0 aliphatic carbocycles. The minimum absolute atomic E-state index is 0.0192. The number of amides is 7. The number of urea groups is 1. The maximum absolute atomic E-state index is 14.2. The highest BCUT2D eigenvalue weighted by molar-refractivity contribution is 5.96. The van der Waals surface area contributed by atoms with Crippen LogP contribution in [-0.4, -0.2) is 112 Å². The molecule has 9 N–H and O–H groups in total. The third kappa shape index (κ3) is 15.4. The van der Waals surface area contributed by atoms with Crippen LogP contribution in [0.2, 0.25) is 0 Å². The summed E-state index contributed by atoms with van der Waals surface area (Å²) in [6.45, 7) is 3.28. The van der Waals surface area contributed by atoms with Crippen molar-refractivity contribution in [2.45, 2.75) is 102 Å². The number of phenolic OH excluding ortho intramolecular Hbond substituents is 2. The van der Waals surface area contributed by atoms with Crippen molar-refractivity contribution in [3.05, 3.63) is 95.6 Å². The Labute approximate surface area is 361 Å². The number of carbonyl (C=O) groups excluding carboxylic acids is 6. The second-order valence-corrected chi connectivity index (χ2v) is 15.7. The molecule has 3 aromatic carbocycles. The van der Waals surface area contributed by atoms with Crippen LogP contribution in [0.15, 0.2) is 78.9 Å². The molecule has 334 valence electrons. The number of rotatable bonds is 13. The second-order valence-electron chi connectivity index (χ2n) is 15.7. The van der Waals surface area contributed by atoms with Crippen molar-refractivity contribution in [1.82, 2.24) is 36.8 Å². The third-order valence-corrected chi connectivity index (χ3v) is 10.9. The number of carboxylic acids is 1. The lowest BCUT2D eigenvalue weighted by molar-refractivity contribution is -0.140. The van der Waals surface area contributed by atoms with Crippen molar-refractivity contribution in [2.24, 2.45) is 5.92 Å². The molecule has 0 aromatic heterocycles. The molecule has 62 heavy (non-hydrogen) atoms. The number of aliphatic carboxylic acids is 1. The highest BCUT2D eigenvalue weighted by Gasteiger charge is 2.34. The topological polar surface area (TPSA) is 256 Å². The van der Waals surface area contributed by atoms with Gasteiger partial charge in [-0.25, -0.2) is 9.59 Å². The van der Waals surface area contributed by atoms with E-state index < -0.39 is 84.2 Å². The molecule has 0 bridgehead atoms. The second kappa shape index (κ2) is 24.0. The van der Waals surface area contributed by atoms with Gasteiger partial charge in [0, 0.05) is 20.0 Å². The standard InChI is InChI=1S/C45H59N7O10/c1-4-28(2)39-42(58)48-36(24-18-30-15-21-33(54)22-16-30)43(59)52(3)27-38(55)47-35(23-17-29-13-19-32(53)20-14-29)40(56)46-25-9-8-12-34(41(57)51-39)49-45(62)50-37(44(60)61)26-31-10-6-5-7-11-31/h5-7,10-11,13-16,19-22,28,34-37,39,53-54H,4,8-9,12,17-18,23-27H2,1-3H3,(H,46,56)(H,47,55)(H,48,58)(H,51,57)(H,60,61)(H2,49,50,62)/t28-,34-,35-,36-,37-,39?/m0/s1. The first kappa shape index (κ1) is 48.0. The van der Waals surface area contributed by atoms with Gasteiger partial charge >= 0.3 is 12.0 Å². The fraction of sp³-hybridized carbons (Fsp3) is 0.444. The molecule has 1 unspecified atom stereocenters. The monoisotopic (exact) mass is 857 g/mol. The van der Waals surface area contributed by atoms with Gasteiger partial charge in [-0.15, -0.1) is 0 Å². The Hall–Kier alpha value is -6.65. The van der Waals surface area contributed by atoms with E-state index in [0.29, 0.717) is 37.7 Å². The first-order valence-electron chi connectivity index (χ1n) is 21.0. The Morgan fingerprint density at radius 2 is 1.35 bits per heavy atom. The number of carbonyl (C=O) groups is 7. The van der Waals surface area contributed by atoms with E-state index in [1.807, 2.05) is 6.92 Å². The average Bonchev–Trinajstić information content (AvgIpc) is 3.25. The van der Waals surface area contributed by atoms with E-state index in [4.69, 9.17) is 0 Å². The summed E-state index contributed by atoms with van der Waals surface area (Å²) in [6.07, 6.45) is 2.04. The van der Waals surface area contributed by atoms with E-state index >= 15 is 0 Å². The van der Waals surface area contributed by atoms with E-state index in [1.54, 1.807) is 61.5 Å². The van der Waals surface area contributed by atoms with E-state index in [9.17, 15) is 48.9 Å². The van der Waals surface area contributed by atoms with Gasteiger partial charge in [0.05, 0.1) is 6.54 Å². The molecule has 1 aliphatic rings. The Kier molecular flexibility index (Phi) is 18.6. The highest BCUT2D eigenvalue weighted by Crippen LogP contribution is 2.16. The molecular formula is C45H59N7O10. The summed E-state index contributed by atoms with van der Waals surface area (Å²) in [7, 11) is 1.40. The predicted octanol–water partition coefficient (Wildman–Crippen LogP) is 2.29. The number of hydrogen-bond donors (Lipinski definition) is 9. The quantitative estimate of drug-likeness (QED) is 0.121. The molecule has 0 radical (unpaired) electrons. The molecule has 1 aliphatic heterocycles. The minimum Gasteiger partial charge on any atom is -0.508 e. The number of carboxylic acid groups (broad SMARTS) is 1. The van der Waals surface area contributed by atoms with Gasteiger partial charge in [-0.2, -0.15) is 0 Å². The van der Waals surface area contributed by atoms with Gasteiger partial charge < -0.3 is 52.1 Å². The molecule has 1 fully saturated rings. The molecule has 4 rings (SSSR count). The molecular weight excluding hydrogens is 799 g/mol. The summed E-state index contributed by atoms with van der Waals surface area (Å²) in [5, 5.41) is 45.6. The van der Waals surface area contributed by atoms with Crippen LogP contribution in [0.1, 0.15) is 69.1 Å². The number of aromatic hydroxyl groups is 2. The van der Waals surface area contributed by atoms with E-state index in [2.05, 4.69) is 31.9 Å². The smallest absolute Gasteiger partial charge is 0.326 e. The van der Waals surface area contributed by atoms with E-state index in [-0.39, 0.29) is 43.7 Å². The first-order chi connectivity index (χ1) is 29.6. The number of aryl methyl sites for hydroxylation is 2. The van der Waals surface area contributed by atoms with E-state index in [1.165, 1.54) is 31.3 Å². The fourth-order valence-electron chi connectivity index (χ4n) is 6.98. The summed E-state index contributed by atoms with van der Waals surface area (Å²) in [4.78, 5) is 96.0. The van der Waals surface area contributed by atoms with Crippen LogP contribution >= 0.6 is 0 Å². The predicted molar refractivity (Wildman–Crippen MR) is 230 cm³/mol. The normalized spacial score (nSPS) is 20.8. The van der Waals surface area contributed by atoms with Crippen molar-refractivity contribution in [2.75, 3.05) is 20.1 Å². The molecule has 1 heterocycles. The lowest BCUT2D eigenvalue weighted by Crippen LogP contribution is -2.60. The third-order valence-electron chi connectivity index (χ3n) is 10.9. The molecule has 7 amide bonds. The van der Waals surface area contributed by atoms with Crippen LogP contribution in [-0.2, 0) is 48.0 Å². The van der Waals surface area contributed by atoms with Gasteiger partial charge in [0.25, 0.3) is 0 Å². The van der Waals surface area contributed by atoms with Crippen LogP contribution in [0.25, 0.3) is 0 Å². The number of hydrogen-bond acceptors (Lipinski definition) is 9. The molecule has 3 aromatic rings. The van der Waals surface area contributed by atoms with Gasteiger partial charge in [0.15, 0.2) is 0 Å².